The number of rotatable bonds is 2. The summed E-state index contributed by atoms with van der Waals surface area (Å²) in [7, 11) is 0. The van der Waals surface area contributed by atoms with Crippen LogP contribution in [0.25, 0.3) is 21.7 Å². The van der Waals surface area contributed by atoms with E-state index < -0.39 is 0 Å². The van der Waals surface area contributed by atoms with Gasteiger partial charge in [-0.3, -0.25) is 4.79 Å². The minimum atomic E-state index is -0.357. The Morgan fingerprint density at radius 2 is 1.86 bits per heavy atom. The van der Waals surface area contributed by atoms with Crippen LogP contribution in [-0.4, -0.2) is 11.5 Å². The Balaban J connectivity index is 1.50. The van der Waals surface area contributed by atoms with Crippen LogP contribution in [0.15, 0.2) is 65.1 Å². The van der Waals surface area contributed by atoms with E-state index in [1.54, 1.807) is 0 Å². The van der Waals surface area contributed by atoms with E-state index in [0.717, 1.165) is 38.6 Å². The fraction of sp³-hybridized carbons (Fsp3) is 0.240. The van der Waals surface area contributed by atoms with Crippen molar-refractivity contribution in [2.75, 3.05) is 0 Å². The molecular formula is C25H23NO3. The van der Waals surface area contributed by atoms with Crippen LogP contribution in [0.5, 0.6) is 5.75 Å². The molecule has 146 valence electrons. The van der Waals surface area contributed by atoms with Crippen LogP contribution in [0.2, 0.25) is 0 Å². The van der Waals surface area contributed by atoms with Crippen LogP contribution in [0.4, 0.5) is 0 Å². The van der Waals surface area contributed by atoms with E-state index in [2.05, 4.69) is 23.5 Å². The number of carbonyl (C=O) groups is 1. The third kappa shape index (κ3) is 3.15. The zero-order valence-electron chi connectivity index (χ0n) is 16.8. The second-order valence-corrected chi connectivity index (χ2v) is 8.44. The topological polar surface area (TPSA) is 51.5 Å². The molecule has 0 fully saturated rings. The van der Waals surface area contributed by atoms with Crippen LogP contribution >= 0.6 is 0 Å². The largest absolute Gasteiger partial charge is 0.487 e. The van der Waals surface area contributed by atoms with Gasteiger partial charge in [-0.2, -0.15) is 0 Å². The molecule has 3 aromatic carbocycles. The zero-order valence-corrected chi connectivity index (χ0v) is 16.8. The van der Waals surface area contributed by atoms with Gasteiger partial charge in [-0.15, -0.1) is 0 Å². The molecule has 0 radical (unpaired) electrons. The van der Waals surface area contributed by atoms with Gasteiger partial charge in [0.05, 0.1) is 6.04 Å². The summed E-state index contributed by atoms with van der Waals surface area (Å²) < 4.78 is 12.0. The molecule has 1 atom stereocenters. The summed E-state index contributed by atoms with van der Waals surface area (Å²) in [5.41, 5.74) is 2.52. The number of fused-ring (bicyclic) bond motifs is 4. The third-order valence-electron chi connectivity index (χ3n) is 5.58. The maximum absolute atomic E-state index is 13.1. The van der Waals surface area contributed by atoms with Crippen molar-refractivity contribution in [2.45, 2.75) is 38.8 Å². The summed E-state index contributed by atoms with van der Waals surface area (Å²) in [6, 6.07) is 19.9. The molecule has 4 nitrogen and oxygen atoms in total. The Morgan fingerprint density at radius 3 is 2.72 bits per heavy atom. The van der Waals surface area contributed by atoms with Crippen molar-refractivity contribution in [3.63, 3.8) is 0 Å². The van der Waals surface area contributed by atoms with Crippen molar-refractivity contribution in [3.05, 3.63) is 77.6 Å². The highest BCUT2D eigenvalue weighted by molar-refractivity contribution is 6.08. The lowest BCUT2D eigenvalue weighted by Crippen LogP contribution is -2.41. The number of furan rings is 1. The molecular weight excluding hydrogens is 362 g/mol. The number of nitrogens with one attached hydrogen (secondary N) is 1. The Labute approximate surface area is 169 Å². The van der Waals surface area contributed by atoms with E-state index in [-0.39, 0.29) is 17.6 Å². The Morgan fingerprint density at radius 1 is 1.03 bits per heavy atom. The average molecular weight is 385 g/mol. The monoisotopic (exact) mass is 385 g/mol. The lowest BCUT2D eigenvalue weighted by molar-refractivity contribution is 0.0611. The quantitative estimate of drug-likeness (QED) is 0.465. The highest BCUT2D eigenvalue weighted by Crippen LogP contribution is 2.40. The Bertz CT molecular complexity index is 1250. The van der Waals surface area contributed by atoms with Crippen molar-refractivity contribution < 1.29 is 13.9 Å². The molecule has 1 amide bonds. The molecule has 1 aliphatic rings. The lowest BCUT2D eigenvalue weighted by atomic mass is 9.89. The van der Waals surface area contributed by atoms with Crippen LogP contribution in [0, 0.1) is 6.92 Å². The summed E-state index contributed by atoms with van der Waals surface area (Å²) in [5.74, 6) is 0.947. The van der Waals surface area contributed by atoms with Crippen LogP contribution < -0.4 is 10.1 Å². The van der Waals surface area contributed by atoms with Gasteiger partial charge in [0.15, 0.2) is 5.76 Å². The number of hydrogen-bond acceptors (Lipinski definition) is 3. The van der Waals surface area contributed by atoms with Crippen LogP contribution in [0.3, 0.4) is 0 Å². The van der Waals surface area contributed by atoms with Crippen molar-refractivity contribution in [1.82, 2.24) is 5.32 Å². The standard InChI is InChI=1S/C25H23NO3/c1-15-8-10-22-19(12-15)20(14-25(2,3)29-22)26-24(27)23-13-18-17-7-5-4-6-16(17)9-11-21(18)28-23/h4-13,20H,14H2,1-3H3,(H,26,27)/t20-/m1/s1. The number of amides is 1. The van der Waals surface area contributed by atoms with Crippen molar-refractivity contribution in [2.24, 2.45) is 0 Å². The predicted octanol–water partition coefficient (Wildman–Crippen LogP) is 5.93. The molecule has 0 saturated heterocycles. The maximum atomic E-state index is 13.1. The first-order valence-electron chi connectivity index (χ1n) is 9.91. The number of hydrogen-bond donors (Lipinski definition) is 1. The van der Waals surface area contributed by atoms with Gasteiger partial charge in [0, 0.05) is 17.4 Å². The SMILES string of the molecule is Cc1ccc2c(c1)[C@H](NC(=O)c1cc3c(ccc4ccccc43)o1)CC(C)(C)O2. The second-order valence-electron chi connectivity index (χ2n) is 8.44. The molecule has 2 heterocycles. The minimum absolute atomic E-state index is 0.133. The summed E-state index contributed by atoms with van der Waals surface area (Å²) in [6.45, 7) is 6.13. The van der Waals surface area contributed by atoms with E-state index in [0.29, 0.717) is 12.2 Å². The number of carbonyl (C=O) groups excluding carboxylic acids is 1. The normalized spacial score (nSPS) is 17.7. The second kappa shape index (κ2) is 6.38. The summed E-state index contributed by atoms with van der Waals surface area (Å²) in [4.78, 5) is 13.1. The van der Waals surface area contributed by atoms with Gasteiger partial charge < -0.3 is 14.5 Å². The van der Waals surface area contributed by atoms with Crippen molar-refractivity contribution in [1.29, 1.82) is 0 Å². The molecule has 1 aromatic heterocycles. The van der Waals surface area contributed by atoms with Crippen molar-refractivity contribution >= 4 is 27.6 Å². The Hall–Kier alpha value is -3.27. The predicted molar refractivity (Wildman–Crippen MR) is 114 cm³/mol. The molecule has 0 saturated carbocycles. The molecule has 0 aliphatic carbocycles. The van der Waals surface area contributed by atoms with Gasteiger partial charge in [-0.05, 0) is 49.7 Å². The van der Waals surface area contributed by atoms with E-state index >= 15 is 0 Å². The average Bonchev–Trinajstić information content (AvgIpc) is 3.13. The van der Waals surface area contributed by atoms with E-state index in [1.807, 2.05) is 63.2 Å². The fourth-order valence-corrected chi connectivity index (χ4v) is 4.24. The minimum Gasteiger partial charge on any atom is -0.487 e. The number of ether oxygens (including phenoxy) is 1. The number of aryl methyl sites for hydroxylation is 1. The molecule has 5 rings (SSSR count). The molecule has 4 heteroatoms. The van der Waals surface area contributed by atoms with E-state index in [1.165, 1.54) is 0 Å². The molecule has 1 N–H and O–H groups in total. The van der Waals surface area contributed by atoms with Crippen LogP contribution in [0.1, 0.15) is 48.0 Å². The first-order valence-corrected chi connectivity index (χ1v) is 9.91. The summed E-state index contributed by atoms with van der Waals surface area (Å²) >= 11 is 0. The first kappa shape index (κ1) is 17.8. The molecule has 0 bridgehead atoms. The fourth-order valence-electron chi connectivity index (χ4n) is 4.24. The zero-order chi connectivity index (χ0) is 20.2. The van der Waals surface area contributed by atoms with Gasteiger partial charge in [-0.1, -0.05) is 48.0 Å². The highest BCUT2D eigenvalue weighted by Gasteiger charge is 2.35. The summed E-state index contributed by atoms with van der Waals surface area (Å²) in [5, 5.41) is 6.34. The molecule has 0 unspecified atom stereocenters. The van der Waals surface area contributed by atoms with E-state index in [4.69, 9.17) is 9.15 Å². The third-order valence-corrected chi connectivity index (χ3v) is 5.58. The summed E-state index contributed by atoms with van der Waals surface area (Å²) in [6.07, 6.45) is 0.693. The van der Waals surface area contributed by atoms with Gasteiger partial charge in [0.25, 0.3) is 5.91 Å². The Kier molecular flexibility index (Phi) is 3.91. The smallest absolute Gasteiger partial charge is 0.287 e. The van der Waals surface area contributed by atoms with Gasteiger partial charge in [0.2, 0.25) is 0 Å². The number of benzene rings is 3. The molecule has 0 spiro atoms. The van der Waals surface area contributed by atoms with Crippen molar-refractivity contribution in [3.8, 4) is 5.75 Å². The highest BCUT2D eigenvalue weighted by atomic mass is 16.5. The first-order chi connectivity index (χ1) is 13.9. The van der Waals surface area contributed by atoms with Gasteiger partial charge >= 0.3 is 0 Å². The maximum Gasteiger partial charge on any atom is 0.287 e. The molecule has 29 heavy (non-hydrogen) atoms. The van der Waals surface area contributed by atoms with Gasteiger partial charge in [0.1, 0.15) is 16.9 Å². The lowest BCUT2D eigenvalue weighted by Gasteiger charge is -2.38. The molecule has 4 aromatic rings. The van der Waals surface area contributed by atoms with Gasteiger partial charge in [-0.25, -0.2) is 0 Å². The van der Waals surface area contributed by atoms with Crippen LogP contribution in [-0.2, 0) is 0 Å². The van der Waals surface area contributed by atoms with E-state index in [9.17, 15) is 4.79 Å². The molecule has 1 aliphatic heterocycles.